The highest BCUT2D eigenvalue weighted by Crippen LogP contribution is 2.55. The minimum absolute atomic E-state index is 0.143. The third-order valence-electron chi connectivity index (χ3n) is 9.14. The van der Waals surface area contributed by atoms with E-state index in [-0.39, 0.29) is 16.4 Å². The molecule has 0 saturated heterocycles. The average molecular weight is 588 g/mol. The van der Waals surface area contributed by atoms with Gasteiger partial charge in [-0.1, -0.05) is 40.5 Å². The number of halogens is 5. The molecule has 0 atom stereocenters. The third-order valence-corrected chi connectivity index (χ3v) is 9.71. The molecule has 0 N–H and O–H groups in total. The molecule has 1 aromatic carbocycles. The van der Waals surface area contributed by atoms with E-state index in [4.69, 9.17) is 37.4 Å². The van der Waals surface area contributed by atoms with Crippen LogP contribution < -0.4 is 0 Å². The zero-order chi connectivity index (χ0) is 27.7. The van der Waals surface area contributed by atoms with Gasteiger partial charge in [-0.05, 0) is 69.6 Å². The summed E-state index contributed by atoms with van der Waals surface area (Å²) in [5, 5.41) is 5.32. The van der Waals surface area contributed by atoms with E-state index >= 15 is 0 Å². The number of pyridine rings is 2. The highest BCUT2D eigenvalue weighted by molar-refractivity contribution is 6.38. The van der Waals surface area contributed by atoms with Gasteiger partial charge in [0.25, 0.3) is 0 Å². The fourth-order valence-electron chi connectivity index (χ4n) is 6.64. The molecular formula is C30H26Cl2F3N3O2. The molecule has 2 bridgehead atoms. The Morgan fingerprint density at radius 3 is 2.30 bits per heavy atom. The van der Waals surface area contributed by atoms with Gasteiger partial charge in [0.15, 0.2) is 0 Å². The summed E-state index contributed by atoms with van der Waals surface area (Å²) in [5.74, 6) is 1.17. The first-order valence-electron chi connectivity index (χ1n) is 13.6. The van der Waals surface area contributed by atoms with Crippen molar-refractivity contribution in [3.63, 3.8) is 0 Å². The second-order valence-corrected chi connectivity index (χ2v) is 12.3. The van der Waals surface area contributed by atoms with E-state index in [0.29, 0.717) is 39.3 Å². The molecule has 0 aliphatic heterocycles. The van der Waals surface area contributed by atoms with Crippen LogP contribution in [-0.4, -0.2) is 20.7 Å². The Morgan fingerprint density at radius 1 is 0.950 bits per heavy atom. The minimum Gasteiger partial charge on any atom is -0.370 e. The maximum absolute atomic E-state index is 13.5. The zero-order valence-corrected chi connectivity index (χ0v) is 23.0. The van der Waals surface area contributed by atoms with Crippen LogP contribution in [0.1, 0.15) is 79.9 Å². The van der Waals surface area contributed by atoms with Crippen LogP contribution in [0.25, 0.3) is 22.2 Å². The quantitative estimate of drug-likeness (QED) is 0.225. The molecule has 208 valence electrons. The molecule has 5 nitrogen and oxygen atoms in total. The lowest BCUT2D eigenvalue weighted by Gasteiger charge is -2.52. The van der Waals surface area contributed by atoms with E-state index < -0.39 is 11.7 Å². The predicted molar refractivity (Wildman–Crippen MR) is 145 cm³/mol. The smallest absolute Gasteiger partial charge is 0.370 e. The molecule has 4 fully saturated rings. The maximum Gasteiger partial charge on any atom is 0.417 e. The number of hydrogen-bond donors (Lipinski definition) is 0. The van der Waals surface area contributed by atoms with Gasteiger partial charge in [0, 0.05) is 45.9 Å². The van der Waals surface area contributed by atoms with Crippen LogP contribution in [0.3, 0.4) is 0 Å². The second kappa shape index (κ2) is 9.43. The monoisotopic (exact) mass is 587 g/mol. The van der Waals surface area contributed by atoms with Gasteiger partial charge in [0.1, 0.15) is 11.5 Å². The van der Waals surface area contributed by atoms with Crippen molar-refractivity contribution in [2.24, 2.45) is 0 Å². The van der Waals surface area contributed by atoms with E-state index in [1.54, 1.807) is 30.6 Å². The minimum atomic E-state index is -4.41. The van der Waals surface area contributed by atoms with Gasteiger partial charge in [0.05, 0.1) is 33.3 Å². The molecule has 8 rings (SSSR count). The topological polar surface area (TPSA) is 61.0 Å². The first-order valence-corrected chi connectivity index (χ1v) is 14.3. The van der Waals surface area contributed by atoms with Crippen molar-refractivity contribution >= 4 is 34.1 Å². The van der Waals surface area contributed by atoms with Gasteiger partial charge in [0.2, 0.25) is 0 Å². The first kappa shape index (κ1) is 26.2. The number of alkyl halides is 3. The van der Waals surface area contributed by atoms with Gasteiger partial charge in [-0.2, -0.15) is 13.2 Å². The Hall–Kier alpha value is -2.68. The van der Waals surface area contributed by atoms with Crippen LogP contribution >= 0.6 is 23.2 Å². The van der Waals surface area contributed by atoms with Crippen LogP contribution in [-0.2, 0) is 22.9 Å². The van der Waals surface area contributed by atoms with Crippen LogP contribution in [0.4, 0.5) is 13.2 Å². The highest BCUT2D eigenvalue weighted by atomic mass is 35.5. The van der Waals surface area contributed by atoms with Crippen LogP contribution in [0.15, 0.2) is 47.2 Å². The maximum atomic E-state index is 13.5. The summed E-state index contributed by atoms with van der Waals surface area (Å²) in [6.07, 6.45) is 5.96. The van der Waals surface area contributed by atoms with Gasteiger partial charge in [-0.15, -0.1) is 0 Å². The van der Waals surface area contributed by atoms with Gasteiger partial charge in [-0.3, -0.25) is 9.97 Å². The number of ether oxygens (including phenoxy) is 1. The van der Waals surface area contributed by atoms with Crippen LogP contribution in [0.5, 0.6) is 0 Å². The van der Waals surface area contributed by atoms with Crippen molar-refractivity contribution < 1.29 is 22.4 Å². The number of nitrogens with zero attached hydrogens (tertiary/aromatic N) is 3. The Bertz CT molecular complexity index is 1570. The summed E-state index contributed by atoms with van der Waals surface area (Å²) >= 11 is 12.9. The summed E-state index contributed by atoms with van der Waals surface area (Å²) in [4.78, 5) is 8.82. The SMILES string of the molecule is FC(F)(F)c1cccc2nc(C34CCC(OCc5c(-c6c(Cl)cncc6Cl)noc5C5CC5)(CC3)CC4)ccc12. The number of benzene rings is 1. The molecule has 0 radical (unpaired) electrons. The van der Waals surface area contributed by atoms with Crippen molar-refractivity contribution in [1.82, 2.24) is 15.1 Å². The second-order valence-electron chi connectivity index (χ2n) is 11.4. The predicted octanol–water partition coefficient (Wildman–Crippen LogP) is 9.05. The van der Waals surface area contributed by atoms with E-state index in [1.807, 2.05) is 0 Å². The zero-order valence-electron chi connectivity index (χ0n) is 21.5. The van der Waals surface area contributed by atoms with Gasteiger partial charge in [-0.25, -0.2) is 0 Å². The molecule has 3 aromatic heterocycles. The third kappa shape index (κ3) is 4.39. The van der Waals surface area contributed by atoms with Crippen molar-refractivity contribution in [1.29, 1.82) is 0 Å². The fourth-order valence-corrected chi connectivity index (χ4v) is 7.18. The fraction of sp³-hybridized carbons (Fsp3) is 0.433. The van der Waals surface area contributed by atoms with Crippen molar-refractivity contribution in [2.75, 3.05) is 0 Å². The van der Waals surface area contributed by atoms with E-state index in [0.717, 1.165) is 74.5 Å². The molecule has 10 heteroatoms. The van der Waals surface area contributed by atoms with Crippen molar-refractivity contribution in [3.05, 3.63) is 75.4 Å². The first-order chi connectivity index (χ1) is 19.2. The average Bonchev–Trinajstić information content (AvgIpc) is 3.71. The van der Waals surface area contributed by atoms with Crippen LogP contribution in [0.2, 0.25) is 10.0 Å². The molecule has 0 unspecified atom stereocenters. The van der Waals surface area contributed by atoms with E-state index in [2.05, 4.69) is 10.1 Å². The largest absolute Gasteiger partial charge is 0.417 e. The van der Waals surface area contributed by atoms with Crippen molar-refractivity contribution in [2.45, 2.75) is 81.1 Å². The molecule has 4 aliphatic carbocycles. The Balaban J connectivity index is 1.12. The van der Waals surface area contributed by atoms with Crippen molar-refractivity contribution in [3.8, 4) is 11.3 Å². The lowest BCUT2D eigenvalue weighted by atomic mass is 9.57. The molecule has 40 heavy (non-hydrogen) atoms. The molecule has 3 heterocycles. The normalized spacial score (nSPS) is 24.6. The Morgan fingerprint density at radius 2 is 1.65 bits per heavy atom. The number of aromatic nitrogens is 3. The highest BCUT2D eigenvalue weighted by Gasteiger charge is 2.51. The summed E-state index contributed by atoms with van der Waals surface area (Å²) in [7, 11) is 0. The lowest BCUT2D eigenvalue weighted by Crippen LogP contribution is -2.50. The summed E-state index contributed by atoms with van der Waals surface area (Å²) in [6, 6.07) is 7.59. The molecule has 4 aliphatic rings. The molecular weight excluding hydrogens is 562 g/mol. The van der Waals surface area contributed by atoms with E-state index in [9.17, 15) is 13.2 Å². The summed E-state index contributed by atoms with van der Waals surface area (Å²) < 4.78 is 53.0. The molecule has 0 spiro atoms. The lowest BCUT2D eigenvalue weighted by molar-refractivity contribution is -0.136. The van der Waals surface area contributed by atoms with E-state index in [1.165, 1.54) is 6.07 Å². The van der Waals surface area contributed by atoms with Gasteiger partial charge < -0.3 is 9.26 Å². The summed E-state index contributed by atoms with van der Waals surface area (Å²) in [5.41, 5.74) is 2.31. The number of hydrogen-bond acceptors (Lipinski definition) is 5. The molecule has 4 saturated carbocycles. The standard InChI is InChI=1S/C30H26Cl2F3N3O2/c31-21-14-36-15-22(32)25(21)26-19(27(40-38-26)17-4-5-17)16-39-29-11-8-28(9-12-29,10-13-29)24-7-6-18-20(30(33,34)35)2-1-3-23(18)37-24/h1-3,6-7,14-15,17H,4-5,8-13,16H2. The number of fused-ring (bicyclic) bond motifs is 4. The Labute approximate surface area is 239 Å². The summed E-state index contributed by atoms with van der Waals surface area (Å²) in [6.45, 7) is 0.348. The molecule has 0 amide bonds. The Kier molecular flexibility index (Phi) is 6.18. The van der Waals surface area contributed by atoms with Gasteiger partial charge >= 0.3 is 6.18 Å². The van der Waals surface area contributed by atoms with Crippen LogP contribution in [0, 0.1) is 0 Å². The number of rotatable bonds is 6. The molecule has 4 aromatic rings.